The molecule has 0 aliphatic carbocycles. The van der Waals surface area contributed by atoms with E-state index in [-0.39, 0.29) is 17.0 Å². The number of carbonyl (C=O) groups excluding carboxylic acids is 1. The summed E-state index contributed by atoms with van der Waals surface area (Å²) in [5, 5.41) is 21.5. The van der Waals surface area contributed by atoms with Crippen molar-refractivity contribution in [1.82, 2.24) is 10.2 Å². The summed E-state index contributed by atoms with van der Waals surface area (Å²) in [5.41, 5.74) is 2.09. The van der Waals surface area contributed by atoms with E-state index in [9.17, 15) is 19.5 Å². The van der Waals surface area contributed by atoms with Crippen LogP contribution in [-0.2, 0) is 16.0 Å². The molecule has 2 saturated heterocycles. The first kappa shape index (κ1) is 22.3. The van der Waals surface area contributed by atoms with Gasteiger partial charge in [-0.15, -0.1) is 0 Å². The summed E-state index contributed by atoms with van der Waals surface area (Å²) < 4.78 is 5.96. The highest BCUT2D eigenvalue weighted by molar-refractivity contribution is 5.98. The minimum absolute atomic E-state index is 0.222. The molecule has 1 atom stereocenters. The lowest BCUT2D eigenvalue weighted by molar-refractivity contribution is -0.136. The molecule has 1 unspecified atom stereocenters. The Kier molecular flexibility index (Phi) is 6.24. The molecule has 172 valence electrons. The van der Waals surface area contributed by atoms with Gasteiger partial charge in [-0.05, 0) is 82.2 Å². The number of amides is 1. The Labute approximate surface area is 187 Å². The molecular weight excluding hydrogens is 412 g/mol. The molecule has 2 fully saturated rings. The maximum Gasteiger partial charge on any atom is 0.335 e. The van der Waals surface area contributed by atoms with Gasteiger partial charge in [-0.1, -0.05) is 6.07 Å². The molecule has 0 radical (unpaired) electrons. The van der Waals surface area contributed by atoms with Gasteiger partial charge < -0.3 is 20.3 Å². The predicted molar refractivity (Wildman–Crippen MR) is 117 cm³/mol. The van der Waals surface area contributed by atoms with E-state index in [1.165, 1.54) is 25.7 Å². The summed E-state index contributed by atoms with van der Waals surface area (Å²) in [4.78, 5) is 38.3. The number of carbonyl (C=O) groups is 3. The number of fused-ring (bicyclic) bond motifs is 2. The number of ether oxygens (including phenoxy) is 1. The molecule has 0 spiro atoms. The second-order valence-electron chi connectivity index (χ2n) is 9.05. The average molecular weight is 443 g/mol. The van der Waals surface area contributed by atoms with E-state index in [0.29, 0.717) is 36.8 Å². The third kappa shape index (κ3) is 4.24. The fourth-order valence-electron chi connectivity index (χ4n) is 5.61. The summed E-state index contributed by atoms with van der Waals surface area (Å²) in [6.07, 6.45) is 6.30. The topological polar surface area (TPSA) is 116 Å². The van der Waals surface area contributed by atoms with E-state index in [0.717, 1.165) is 30.6 Å². The van der Waals surface area contributed by atoms with Gasteiger partial charge in [0.15, 0.2) is 0 Å². The summed E-state index contributed by atoms with van der Waals surface area (Å²) in [7, 11) is 0. The number of rotatable bonds is 7. The summed E-state index contributed by atoms with van der Waals surface area (Å²) >= 11 is 0. The first-order valence-electron chi connectivity index (χ1n) is 11.3. The van der Waals surface area contributed by atoms with Crippen LogP contribution in [0.15, 0.2) is 23.8 Å². The van der Waals surface area contributed by atoms with Crippen molar-refractivity contribution in [3.05, 3.63) is 40.5 Å². The van der Waals surface area contributed by atoms with Gasteiger partial charge >= 0.3 is 11.9 Å². The summed E-state index contributed by atoms with van der Waals surface area (Å²) in [5.74, 6) is -2.57. The number of carboxylic acids is 2. The van der Waals surface area contributed by atoms with Gasteiger partial charge in [0, 0.05) is 18.2 Å². The van der Waals surface area contributed by atoms with E-state index < -0.39 is 18.0 Å². The summed E-state index contributed by atoms with van der Waals surface area (Å²) in [6, 6.07) is 3.57. The molecular formula is C24H30N2O6. The van der Waals surface area contributed by atoms with Gasteiger partial charge in [0.1, 0.15) is 11.9 Å². The summed E-state index contributed by atoms with van der Waals surface area (Å²) in [6.45, 7) is 4.78. The molecule has 0 saturated carbocycles. The Bertz CT molecular complexity index is 959. The van der Waals surface area contributed by atoms with E-state index >= 15 is 0 Å². The third-order valence-corrected chi connectivity index (χ3v) is 7.22. The SMILES string of the molecule is Cc1ccc(C(=O)NCCC23CCCN2CCC3)c2c1CCC(/C(=C/C(=O)O)C(=O)O)O2. The quantitative estimate of drug-likeness (QED) is 0.556. The number of nitrogens with one attached hydrogen (secondary N) is 1. The van der Waals surface area contributed by atoms with Crippen molar-refractivity contribution >= 4 is 17.8 Å². The largest absolute Gasteiger partial charge is 0.484 e. The van der Waals surface area contributed by atoms with Crippen molar-refractivity contribution in [2.24, 2.45) is 0 Å². The molecule has 1 aromatic rings. The Hall–Kier alpha value is -2.87. The van der Waals surface area contributed by atoms with Crippen molar-refractivity contribution in [2.75, 3.05) is 19.6 Å². The Morgan fingerprint density at radius 1 is 1.22 bits per heavy atom. The van der Waals surface area contributed by atoms with Crippen LogP contribution in [-0.4, -0.2) is 64.2 Å². The molecule has 3 aliphatic heterocycles. The predicted octanol–water partition coefficient (Wildman–Crippen LogP) is 2.53. The number of aliphatic carboxylic acids is 2. The second-order valence-corrected chi connectivity index (χ2v) is 9.05. The Morgan fingerprint density at radius 3 is 2.59 bits per heavy atom. The number of aryl methyl sites for hydroxylation is 1. The van der Waals surface area contributed by atoms with Crippen LogP contribution >= 0.6 is 0 Å². The van der Waals surface area contributed by atoms with E-state index in [2.05, 4.69) is 10.2 Å². The van der Waals surface area contributed by atoms with Crippen LogP contribution in [0.5, 0.6) is 5.75 Å². The van der Waals surface area contributed by atoms with Crippen molar-refractivity contribution < 1.29 is 29.3 Å². The van der Waals surface area contributed by atoms with Crippen LogP contribution in [0, 0.1) is 6.92 Å². The molecule has 32 heavy (non-hydrogen) atoms. The van der Waals surface area contributed by atoms with Crippen LogP contribution in [0.1, 0.15) is 60.0 Å². The van der Waals surface area contributed by atoms with Gasteiger partial charge in [0.25, 0.3) is 5.91 Å². The highest BCUT2D eigenvalue weighted by Gasteiger charge is 2.43. The first-order chi connectivity index (χ1) is 15.3. The van der Waals surface area contributed by atoms with E-state index in [1.54, 1.807) is 6.07 Å². The number of nitrogens with zero attached hydrogens (tertiary/aromatic N) is 1. The maximum atomic E-state index is 13.0. The normalized spacial score (nSPS) is 22.0. The second kappa shape index (κ2) is 8.94. The zero-order chi connectivity index (χ0) is 22.9. The monoisotopic (exact) mass is 442 g/mol. The molecule has 3 heterocycles. The van der Waals surface area contributed by atoms with Crippen LogP contribution in [0.25, 0.3) is 0 Å². The van der Waals surface area contributed by atoms with Crippen LogP contribution in [0.3, 0.4) is 0 Å². The lowest BCUT2D eigenvalue weighted by Crippen LogP contribution is -2.41. The van der Waals surface area contributed by atoms with Crippen LogP contribution in [0.4, 0.5) is 0 Å². The molecule has 8 heteroatoms. The van der Waals surface area contributed by atoms with E-state index in [4.69, 9.17) is 9.84 Å². The highest BCUT2D eigenvalue weighted by Crippen LogP contribution is 2.41. The maximum absolute atomic E-state index is 13.0. The number of hydrogen-bond acceptors (Lipinski definition) is 5. The average Bonchev–Trinajstić information content (AvgIpc) is 3.31. The van der Waals surface area contributed by atoms with Crippen LogP contribution in [0.2, 0.25) is 0 Å². The molecule has 0 bridgehead atoms. The molecule has 1 aromatic carbocycles. The van der Waals surface area contributed by atoms with Gasteiger partial charge in [0.05, 0.1) is 11.1 Å². The fraction of sp³-hybridized carbons (Fsp3) is 0.542. The zero-order valence-electron chi connectivity index (χ0n) is 18.4. The lowest BCUT2D eigenvalue weighted by Gasteiger charge is -2.32. The standard InChI is InChI=1S/C24H30N2O6/c1-15-4-5-17(22(29)25-11-10-24-8-2-12-26(24)13-3-9-24)21-16(15)6-7-19(32-21)18(23(30)31)14-20(27)28/h4-5,14,19H,2-3,6-13H2,1H3,(H,25,29)(H,27,28)(H,30,31)/b18-14-. The molecule has 1 amide bonds. The molecule has 4 rings (SSSR count). The molecule has 8 nitrogen and oxygen atoms in total. The van der Waals surface area contributed by atoms with Gasteiger partial charge in [-0.25, -0.2) is 9.59 Å². The fourth-order valence-corrected chi connectivity index (χ4v) is 5.61. The molecule has 3 N–H and O–H groups in total. The Morgan fingerprint density at radius 2 is 1.94 bits per heavy atom. The Balaban J connectivity index is 1.50. The third-order valence-electron chi connectivity index (χ3n) is 7.22. The minimum atomic E-state index is -1.34. The van der Waals surface area contributed by atoms with Gasteiger partial charge in [0.2, 0.25) is 0 Å². The molecule has 0 aromatic heterocycles. The minimum Gasteiger partial charge on any atom is -0.484 e. The van der Waals surface area contributed by atoms with Crippen LogP contribution < -0.4 is 10.1 Å². The number of carboxylic acid groups (broad SMARTS) is 2. The van der Waals surface area contributed by atoms with Gasteiger partial charge in [-0.2, -0.15) is 0 Å². The van der Waals surface area contributed by atoms with Crippen molar-refractivity contribution in [2.45, 2.75) is 63.5 Å². The molecule has 3 aliphatic rings. The number of benzene rings is 1. The lowest BCUT2D eigenvalue weighted by atomic mass is 9.90. The first-order valence-corrected chi connectivity index (χ1v) is 11.3. The van der Waals surface area contributed by atoms with Crippen molar-refractivity contribution in [3.63, 3.8) is 0 Å². The zero-order valence-corrected chi connectivity index (χ0v) is 18.4. The van der Waals surface area contributed by atoms with Gasteiger partial charge in [-0.3, -0.25) is 9.69 Å². The smallest absolute Gasteiger partial charge is 0.335 e. The highest BCUT2D eigenvalue weighted by atomic mass is 16.5. The number of hydrogen-bond donors (Lipinski definition) is 3. The van der Waals surface area contributed by atoms with Crippen molar-refractivity contribution in [1.29, 1.82) is 0 Å². The van der Waals surface area contributed by atoms with E-state index in [1.807, 2.05) is 13.0 Å². The van der Waals surface area contributed by atoms with Crippen molar-refractivity contribution in [3.8, 4) is 5.75 Å².